The van der Waals surface area contributed by atoms with Crippen molar-refractivity contribution in [2.24, 2.45) is 5.92 Å². The van der Waals surface area contributed by atoms with Crippen molar-refractivity contribution >= 4 is 17.0 Å². The van der Waals surface area contributed by atoms with Crippen LogP contribution in [0.1, 0.15) is 38.6 Å². The molecule has 2 aromatic rings. The fraction of sp³-hybridized carbons (Fsp3) is 0.500. The number of hydrogen-bond donors (Lipinski definition) is 1. The van der Waals surface area contributed by atoms with Crippen LogP contribution in [-0.4, -0.2) is 9.55 Å². The van der Waals surface area contributed by atoms with Crippen LogP contribution in [0.2, 0.25) is 0 Å². The number of hydrogen-bond acceptors (Lipinski definition) is 2. The van der Waals surface area contributed by atoms with Crippen LogP contribution in [0.3, 0.4) is 0 Å². The Hall–Kier alpha value is -1.58. The second kappa shape index (κ2) is 4.26. The Balaban J connectivity index is 2.10. The van der Waals surface area contributed by atoms with Crippen LogP contribution in [0.15, 0.2) is 18.2 Å². The van der Waals surface area contributed by atoms with E-state index in [1.54, 1.807) is 6.07 Å². The standard InChI is InChI=1S/C14H18FN3/c1-9-4-2-5-10(8-9)18-12-7-3-6-11(15)13(12)17-14(18)16/h3,6-7,9-10H,2,4-5,8H2,1H3,(H2,16,17). The molecular formula is C14H18FN3. The zero-order valence-electron chi connectivity index (χ0n) is 10.6. The average Bonchev–Trinajstić information content (AvgIpc) is 2.67. The quantitative estimate of drug-likeness (QED) is 0.838. The van der Waals surface area contributed by atoms with Crippen LogP contribution in [0.4, 0.5) is 10.3 Å². The van der Waals surface area contributed by atoms with E-state index in [4.69, 9.17) is 5.73 Å². The molecule has 1 aromatic heterocycles. The van der Waals surface area contributed by atoms with Gasteiger partial charge in [-0.05, 0) is 30.9 Å². The summed E-state index contributed by atoms with van der Waals surface area (Å²) in [5.41, 5.74) is 7.21. The summed E-state index contributed by atoms with van der Waals surface area (Å²) in [5.74, 6) is 0.852. The van der Waals surface area contributed by atoms with Crippen LogP contribution >= 0.6 is 0 Å². The van der Waals surface area contributed by atoms with Gasteiger partial charge in [-0.2, -0.15) is 0 Å². The molecular weight excluding hydrogens is 229 g/mol. The minimum Gasteiger partial charge on any atom is -0.369 e. The molecule has 2 atom stereocenters. The number of imidazole rings is 1. The first-order valence-electron chi connectivity index (χ1n) is 6.58. The molecule has 1 saturated carbocycles. The molecule has 0 spiro atoms. The molecule has 2 unspecified atom stereocenters. The van der Waals surface area contributed by atoms with E-state index in [2.05, 4.69) is 11.9 Å². The smallest absolute Gasteiger partial charge is 0.201 e. The van der Waals surface area contributed by atoms with Gasteiger partial charge in [-0.15, -0.1) is 0 Å². The van der Waals surface area contributed by atoms with E-state index in [1.807, 2.05) is 10.6 Å². The van der Waals surface area contributed by atoms with E-state index in [1.165, 1.54) is 18.9 Å². The monoisotopic (exact) mass is 247 g/mol. The van der Waals surface area contributed by atoms with E-state index < -0.39 is 0 Å². The second-order valence-electron chi connectivity index (χ2n) is 5.37. The van der Waals surface area contributed by atoms with Crippen LogP contribution < -0.4 is 5.73 Å². The number of halogens is 1. The number of nitrogens with zero attached hydrogens (tertiary/aromatic N) is 2. The van der Waals surface area contributed by atoms with E-state index in [0.717, 1.165) is 18.4 Å². The molecule has 0 saturated heterocycles. The number of benzene rings is 1. The molecule has 3 nitrogen and oxygen atoms in total. The summed E-state index contributed by atoms with van der Waals surface area (Å²) in [4.78, 5) is 4.18. The molecule has 2 N–H and O–H groups in total. The van der Waals surface area contributed by atoms with Crippen LogP contribution in [0.5, 0.6) is 0 Å². The van der Waals surface area contributed by atoms with Crippen molar-refractivity contribution in [3.05, 3.63) is 24.0 Å². The highest BCUT2D eigenvalue weighted by molar-refractivity contribution is 5.79. The summed E-state index contributed by atoms with van der Waals surface area (Å²) in [6, 6.07) is 5.42. The average molecular weight is 247 g/mol. The Labute approximate surface area is 106 Å². The fourth-order valence-electron chi connectivity index (χ4n) is 3.12. The van der Waals surface area contributed by atoms with Gasteiger partial charge in [0.2, 0.25) is 5.95 Å². The molecule has 4 heteroatoms. The highest BCUT2D eigenvalue weighted by Crippen LogP contribution is 2.36. The molecule has 0 amide bonds. The van der Waals surface area contributed by atoms with Crippen molar-refractivity contribution in [2.45, 2.75) is 38.6 Å². The third kappa shape index (κ3) is 1.76. The largest absolute Gasteiger partial charge is 0.369 e. The summed E-state index contributed by atoms with van der Waals surface area (Å²) in [6.45, 7) is 2.27. The molecule has 1 aromatic carbocycles. The van der Waals surface area contributed by atoms with Gasteiger partial charge >= 0.3 is 0 Å². The van der Waals surface area contributed by atoms with Crippen LogP contribution in [0.25, 0.3) is 11.0 Å². The molecule has 3 rings (SSSR count). The number of anilines is 1. The minimum atomic E-state index is -0.290. The van der Waals surface area contributed by atoms with Crippen molar-refractivity contribution in [1.82, 2.24) is 9.55 Å². The highest BCUT2D eigenvalue weighted by atomic mass is 19.1. The Morgan fingerprint density at radius 1 is 1.39 bits per heavy atom. The number of nitrogens with two attached hydrogens (primary N) is 1. The van der Waals surface area contributed by atoms with Gasteiger partial charge in [0.05, 0.1) is 5.52 Å². The number of fused-ring (bicyclic) bond motifs is 1. The van der Waals surface area contributed by atoms with Gasteiger partial charge in [0.1, 0.15) is 5.52 Å². The normalized spacial score (nSPS) is 24.6. The predicted molar refractivity (Wildman–Crippen MR) is 70.8 cm³/mol. The second-order valence-corrected chi connectivity index (χ2v) is 5.37. The predicted octanol–water partition coefficient (Wildman–Crippen LogP) is 3.51. The summed E-state index contributed by atoms with van der Waals surface area (Å²) < 4.78 is 15.7. The van der Waals surface area contributed by atoms with Gasteiger partial charge in [0.25, 0.3) is 0 Å². The maximum absolute atomic E-state index is 13.7. The Bertz CT molecular complexity index is 576. The lowest BCUT2D eigenvalue weighted by molar-refractivity contribution is 0.289. The Kier molecular flexibility index (Phi) is 2.73. The lowest BCUT2D eigenvalue weighted by Crippen LogP contribution is -2.19. The molecule has 0 bridgehead atoms. The number of para-hydroxylation sites is 1. The van der Waals surface area contributed by atoms with Gasteiger partial charge in [-0.1, -0.05) is 25.8 Å². The van der Waals surface area contributed by atoms with E-state index in [0.29, 0.717) is 23.4 Å². The topological polar surface area (TPSA) is 43.8 Å². The third-order valence-corrected chi connectivity index (χ3v) is 3.97. The zero-order chi connectivity index (χ0) is 12.7. The molecule has 1 aliphatic rings. The van der Waals surface area contributed by atoms with Gasteiger partial charge in [0, 0.05) is 6.04 Å². The first-order valence-corrected chi connectivity index (χ1v) is 6.58. The van der Waals surface area contributed by atoms with Crippen molar-refractivity contribution in [1.29, 1.82) is 0 Å². The van der Waals surface area contributed by atoms with E-state index >= 15 is 0 Å². The maximum Gasteiger partial charge on any atom is 0.201 e. The molecule has 0 aliphatic heterocycles. The minimum absolute atomic E-state index is 0.290. The number of aromatic nitrogens is 2. The molecule has 1 aliphatic carbocycles. The highest BCUT2D eigenvalue weighted by Gasteiger charge is 2.24. The van der Waals surface area contributed by atoms with Gasteiger partial charge < -0.3 is 10.3 Å². The van der Waals surface area contributed by atoms with Gasteiger partial charge in [0.15, 0.2) is 5.82 Å². The van der Waals surface area contributed by atoms with Crippen molar-refractivity contribution in [2.75, 3.05) is 5.73 Å². The van der Waals surface area contributed by atoms with Crippen LogP contribution in [-0.2, 0) is 0 Å². The molecule has 18 heavy (non-hydrogen) atoms. The number of rotatable bonds is 1. The molecule has 0 radical (unpaired) electrons. The summed E-state index contributed by atoms with van der Waals surface area (Å²) in [5, 5.41) is 0. The zero-order valence-corrected chi connectivity index (χ0v) is 10.6. The lowest BCUT2D eigenvalue weighted by atomic mass is 9.87. The van der Waals surface area contributed by atoms with Crippen molar-refractivity contribution < 1.29 is 4.39 Å². The van der Waals surface area contributed by atoms with E-state index in [9.17, 15) is 4.39 Å². The summed E-state index contributed by atoms with van der Waals surface area (Å²) >= 11 is 0. The first-order chi connectivity index (χ1) is 8.66. The molecule has 1 heterocycles. The third-order valence-electron chi connectivity index (χ3n) is 3.97. The van der Waals surface area contributed by atoms with Crippen molar-refractivity contribution in [3.63, 3.8) is 0 Å². The number of nitrogen functional groups attached to an aromatic ring is 1. The summed E-state index contributed by atoms with van der Waals surface area (Å²) in [6.07, 6.45) is 4.69. The lowest BCUT2D eigenvalue weighted by Gasteiger charge is -2.28. The van der Waals surface area contributed by atoms with Gasteiger partial charge in [-0.3, -0.25) is 0 Å². The van der Waals surface area contributed by atoms with Gasteiger partial charge in [-0.25, -0.2) is 9.37 Å². The maximum atomic E-state index is 13.7. The van der Waals surface area contributed by atoms with Crippen LogP contribution in [0, 0.1) is 11.7 Å². The van der Waals surface area contributed by atoms with Crippen molar-refractivity contribution in [3.8, 4) is 0 Å². The summed E-state index contributed by atoms with van der Waals surface area (Å²) in [7, 11) is 0. The molecule has 1 fully saturated rings. The SMILES string of the molecule is CC1CCCC(n2c(N)nc3c(F)cccc32)C1. The van der Waals surface area contributed by atoms with E-state index in [-0.39, 0.29) is 5.82 Å². The first kappa shape index (κ1) is 11.5. The Morgan fingerprint density at radius 2 is 2.22 bits per heavy atom. The fourth-order valence-corrected chi connectivity index (χ4v) is 3.12. The molecule has 96 valence electrons. The Morgan fingerprint density at radius 3 is 3.00 bits per heavy atom.